The molecular weight excluding hydrogens is 204 g/mol. The summed E-state index contributed by atoms with van der Waals surface area (Å²) in [5.74, 6) is 0. The van der Waals surface area contributed by atoms with Crippen molar-refractivity contribution in [2.45, 2.75) is 19.8 Å². The minimum absolute atomic E-state index is 0.827. The largest absolute Gasteiger partial charge is 0.382 e. The minimum atomic E-state index is 0.827. The fraction of sp³-hybridized carbons (Fsp3) is 1.00. The van der Waals surface area contributed by atoms with Crippen LogP contribution in [-0.2, 0) is 9.47 Å². The predicted octanol–water partition coefficient (Wildman–Crippen LogP) is 0.725. The highest BCUT2D eigenvalue weighted by Crippen LogP contribution is 1.97. The van der Waals surface area contributed by atoms with Crippen LogP contribution in [0.4, 0.5) is 0 Å². The quantitative estimate of drug-likeness (QED) is 0.623. The number of ether oxygens (including phenoxy) is 2. The molecule has 0 radical (unpaired) electrons. The van der Waals surface area contributed by atoms with Gasteiger partial charge in [0, 0.05) is 46.0 Å². The van der Waals surface area contributed by atoms with Gasteiger partial charge in [-0.3, -0.25) is 4.90 Å². The van der Waals surface area contributed by atoms with E-state index in [1.54, 1.807) is 0 Å². The Morgan fingerprint density at radius 2 is 2.19 bits per heavy atom. The summed E-state index contributed by atoms with van der Waals surface area (Å²) in [6, 6.07) is 0. The van der Waals surface area contributed by atoms with Crippen molar-refractivity contribution in [3.8, 4) is 0 Å². The summed E-state index contributed by atoms with van der Waals surface area (Å²) in [4.78, 5) is 2.47. The summed E-state index contributed by atoms with van der Waals surface area (Å²) in [6.45, 7) is 11.1. The third-order valence-corrected chi connectivity index (χ3v) is 2.77. The van der Waals surface area contributed by atoms with Gasteiger partial charge in [-0.25, -0.2) is 0 Å². The molecule has 1 N–H and O–H groups in total. The molecule has 96 valence electrons. The SMILES string of the molecule is CCOCCCNCCN1CCCOCC1. The van der Waals surface area contributed by atoms with Gasteiger partial charge in [-0.2, -0.15) is 0 Å². The molecule has 0 unspecified atom stereocenters. The van der Waals surface area contributed by atoms with Crippen LogP contribution in [0.3, 0.4) is 0 Å². The third kappa shape index (κ3) is 7.17. The van der Waals surface area contributed by atoms with Gasteiger partial charge >= 0.3 is 0 Å². The molecule has 4 nitrogen and oxygen atoms in total. The molecule has 0 aromatic carbocycles. The van der Waals surface area contributed by atoms with Crippen LogP contribution >= 0.6 is 0 Å². The zero-order valence-electron chi connectivity index (χ0n) is 10.5. The van der Waals surface area contributed by atoms with Crippen molar-refractivity contribution >= 4 is 0 Å². The fourth-order valence-corrected chi connectivity index (χ4v) is 1.83. The van der Waals surface area contributed by atoms with Crippen molar-refractivity contribution < 1.29 is 9.47 Å². The molecule has 0 aromatic heterocycles. The molecule has 1 aliphatic rings. The van der Waals surface area contributed by atoms with Crippen molar-refractivity contribution in [2.24, 2.45) is 0 Å². The maximum Gasteiger partial charge on any atom is 0.0593 e. The molecule has 1 rings (SSSR count). The highest BCUT2D eigenvalue weighted by molar-refractivity contribution is 4.62. The monoisotopic (exact) mass is 230 g/mol. The van der Waals surface area contributed by atoms with Crippen LogP contribution in [0, 0.1) is 0 Å². The van der Waals surface area contributed by atoms with E-state index < -0.39 is 0 Å². The van der Waals surface area contributed by atoms with Crippen molar-refractivity contribution in [3.63, 3.8) is 0 Å². The topological polar surface area (TPSA) is 33.7 Å². The summed E-state index contributed by atoms with van der Waals surface area (Å²) in [5, 5.41) is 3.45. The Labute approximate surface area is 99.3 Å². The molecule has 0 aromatic rings. The molecule has 0 saturated carbocycles. The van der Waals surface area contributed by atoms with Crippen LogP contribution in [0.2, 0.25) is 0 Å². The zero-order chi connectivity index (χ0) is 11.5. The van der Waals surface area contributed by atoms with E-state index in [9.17, 15) is 0 Å². The van der Waals surface area contributed by atoms with E-state index in [0.29, 0.717) is 0 Å². The fourth-order valence-electron chi connectivity index (χ4n) is 1.83. The van der Waals surface area contributed by atoms with E-state index in [1.165, 1.54) is 13.0 Å². The molecular formula is C12H26N2O2. The Bertz CT molecular complexity index is 148. The molecule has 0 amide bonds. The average molecular weight is 230 g/mol. The van der Waals surface area contributed by atoms with Gasteiger partial charge in [0.1, 0.15) is 0 Å². The van der Waals surface area contributed by atoms with E-state index >= 15 is 0 Å². The van der Waals surface area contributed by atoms with Gasteiger partial charge in [-0.1, -0.05) is 0 Å². The lowest BCUT2D eigenvalue weighted by Gasteiger charge is -2.18. The summed E-state index contributed by atoms with van der Waals surface area (Å²) in [7, 11) is 0. The Balaban J connectivity index is 1.86. The number of hydrogen-bond donors (Lipinski definition) is 1. The van der Waals surface area contributed by atoms with Crippen LogP contribution in [0.5, 0.6) is 0 Å². The lowest BCUT2D eigenvalue weighted by Crippen LogP contribution is -2.34. The van der Waals surface area contributed by atoms with Gasteiger partial charge in [-0.15, -0.1) is 0 Å². The van der Waals surface area contributed by atoms with E-state index in [0.717, 1.165) is 59.0 Å². The van der Waals surface area contributed by atoms with Crippen molar-refractivity contribution in [2.75, 3.05) is 59.2 Å². The molecule has 1 aliphatic heterocycles. The van der Waals surface area contributed by atoms with Crippen LogP contribution in [0.1, 0.15) is 19.8 Å². The smallest absolute Gasteiger partial charge is 0.0593 e. The first-order chi connectivity index (χ1) is 7.93. The van der Waals surface area contributed by atoms with Gasteiger partial charge in [0.25, 0.3) is 0 Å². The molecule has 1 fully saturated rings. The van der Waals surface area contributed by atoms with E-state index in [2.05, 4.69) is 10.2 Å². The van der Waals surface area contributed by atoms with Crippen LogP contribution in [0.25, 0.3) is 0 Å². The highest BCUT2D eigenvalue weighted by atomic mass is 16.5. The maximum atomic E-state index is 5.42. The molecule has 1 saturated heterocycles. The van der Waals surface area contributed by atoms with Crippen molar-refractivity contribution in [3.05, 3.63) is 0 Å². The molecule has 0 bridgehead atoms. The molecule has 4 heteroatoms. The third-order valence-electron chi connectivity index (χ3n) is 2.77. The Morgan fingerprint density at radius 3 is 3.06 bits per heavy atom. The van der Waals surface area contributed by atoms with Crippen LogP contribution < -0.4 is 5.32 Å². The van der Waals surface area contributed by atoms with E-state index in [-0.39, 0.29) is 0 Å². The van der Waals surface area contributed by atoms with Crippen molar-refractivity contribution in [1.82, 2.24) is 10.2 Å². The molecule has 16 heavy (non-hydrogen) atoms. The van der Waals surface area contributed by atoms with Gasteiger partial charge in [0.2, 0.25) is 0 Å². The first-order valence-electron chi connectivity index (χ1n) is 6.52. The Kier molecular flexibility index (Phi) is 8.71. The molecule has 0 spiro atoms. The van der Waals surface area contributed by atoms with Gasteiger partial charge in [0.15, 0.2) is 0 Å². The summed E-state index contributed by atoms with van der Waals surface area (Å²) < 4.78 is 10.7. The van der Waals surface area contributed by atoms with Gasteiger partial charge in [-0.05, 0) is 26.3 Å². The van der Waals surface area contributed by atoms with Crippen LogP contribution in [0.15, 0.2) is 0 Å². The van der Waals surface area contributed by atoms with E-state index in [1.807, 2.05) is 6.92 Å². The predicted molar refractivity (Wildman–Crippen MR) is 65.9 cm³/mol. The Hall–Kier alpha value is -0.160. The van der Waals surface area contributed by atoms with Crippen molar-refractivity contribution in [1.29, 1.82) is 0 Å². The van der Waals surface area contributed by atoms with Crippen LogP contribution in [-0.4, -0.2) is 64.1 Å². The second kappa shape index (κ2) is 10.0. The minimum Gasteiger partial charge on any atom is -0.382 e. The summed E-state index contributed by atoms with van der Waals surface area (Å²) >= 11 is 0. The number of hydrogen-bond acceptors (Lipinski definition) is 4. The molecule has 0 atom stereocenters. The summed E-state index contributed by atoms with van der Waals surface area (Å²) in [6.07, 6.45) is 2.28. The highest BCUT2D eigenvalue weighted by Gasteiger charge is 2.07. The number of nitrogens with zero attached hydrogens (tertiary/aromatic N) is 1. The van der Waals surface area contributed by atoms with Gasteiger partial charge < -0.3 is 14.8 Å². The number of rotatable bonds is 8. The molecule has 0 aliphatic carbocycles. The van der Waals surface area contributed by atoms with E-state index in [4.69, 9.17) is 9.47 Å². The van der Waals surface area contributed by atoms with Gasteiger partial charge in [0.05, 0.1) is 6.61 Å². The standard InChI is InChI=1S/C12H26N2O2/c1-2-15-10-3-5-13-6-8-14-7-4-11-16-12-9-14/h13H,2-12H2,1H3. The lowest BCUT2D eigenvalue weighted by molar-refractivity contribution is 0.140. The second-order valence-electron chi connectivity index (χ2n) is 4.11. The zero-order valence-corrected chi connectivity index (χ0v) is 10.5. The first-order valence-corrected chi connectivity index (χ1v) is 6.52. The molecule has 1 heterocycles. The summed E-state index contributed by atoms with van der Waals surface area (Å²) in [5.41, 5.74) is 0. The Morgan fingerprint density at radius 1 is 1.25 bits per heavy atom. The maximum absolute atomic E-state index is 5.42. The second-order valence-corrected chi connectivity index (χ2v) is 4.11. The normalized spacial score (nSPS) is 18.6. The first kappa shape index (κ1) is 13.9. The average Bonchev–Trinajstić information content (AvgIpc) is 2.56. The lowest BCUT2D eigenvalue weighted by atomic mass is 10.4. The number of nitrogens with one attached hydrogen (secondary N) is 1.